The molecular formula is C15H17N5O. The Hall–Kier alpha value is -2.65. The van der Waals surface area contributed by atoms with E-state index in [0.717, 1.165) is 24.5 Å². The SMILES string of the molecule is COCCCNc1cc(Nc2cccc(C#N)c2)ncn1. The molecule has 0 atom stereocenters. The Labute approximate surface area is 123 Å². The minimum atomic E-state index is 0.604. The zero-order valence-electron chi connectivity index (χ0n) is 11.8. The van der Waals surface area contributed by atoms with Gasteiger partial charge in [-0.3, -0.25) is 0 Å². The van der Waals surface area contributed by atoms with E-state index in [9.17, 15) is 0 Å². The Kier molecular flexibility index (Phi) is 5.50. The van der Waals surface area contributed by atoms with Gasteiger partial charge in [-0.25, -0.2) is 9.97 Å². The van der Waals surface area contributed by atoms with Gasteiger partial charge < -0.3 is 15.4 Å². The van der Waals surface area contributed by atoms with Crippen LogP contribution in [0.4, 0.5) is 17.3 Å². The standard InChI is InChI=1S/C15H17N5O/c1-21-7-3-6-17-14-9-15(19-11-18-14)20-13-5-2-4-12(8-13)10-16/h2,4-5,8-9,11H,3,6-7H2,1H3,(H2,17,18,19,20). The van der Waals surface area contributed by atoms with Crippen molar-refractivity contribution in [2.75, 3.05) is 30.9 Å². The minimum absolute atomic E-state index is 0.604. The van der Waals surface area contributed by atoms with E-state index in [-0.39, 0.29) is 0 Å². The largest absolute Gasteiger partial charge is 0.385 e. The summed E-state index contributed by atoms with van der Waals surface area (Å²) >= 11 is 0. The molecule has 0 radical (unpaired) electrons. The van der Waals surface area contributed by atoms with Gasteiger partial charge in [-0.1, -0.05) is 6.07 Å². The monoisotopic (exact) mass is 283 g/mol. The number of benzene rings is 1. The van der Waals surface area contributed by atoms with Gasteiger partial charge in [-0.05, 0) is 24.6 Å². The summed E-state index contributed by atoms with van der Waals surface area (Å²) in [6, 6.07) is 11.2. The van der Waals surface area contributed by atoms with Crippen molar-refractivity contribution in [3.05, 3.63) is 42.2 Å². The predicted molar refractivity (Wildman–Crippen MR) is 81.5 cm³/mol. The second-order valence-electron chi connectivity index (χ2n) is 4.38. The molecule has 0 spiro atoms. The van der Waals surface area contributed by atoms with E-state index in [2.05, 4.69) is 26.7 Å². The fourth-order valence-electron chi connectivity index (χ4n) is 1.77. The average Bonchev–Trinajstić information content (AvgIpc) is 2.52. The molecule has 0 aliphatic heterocycles. The van der Waals surface area contributed by atoms with Crippen molar-refractivity contribution in [1.82, 2.24) is 9.97 Å². The Bertz CT molecular complexity index is 623. The molecule has 108 valence electrons. The maximum absolute atomic E-state index is 8.89. The molecule has 0 unspecified atom stereocenters. The number of hydrogen-bond acceptors (Lipinski definition) is 6. The number of aromatic nitrogens is 2. The summed E-state index contributed by atoms with van der Waals surface area (Å²) in [7, 11) is 1.68. The van der Waals surface area contributed by atoms with Crippen LogP contribution in [0, 0.1) is 11.3 Å². The number of nitriles is 1. The highest BCUT2D eigenvalue weighted by Gasteiger charge is 2.00. The van der Waals surface area contributed by atoms with E-state index in [4.69, 9.17) is 10.00 Å². The second kappa shape index (κ2) is 7.82. The summed E-state index contributed by atoms with van der Waals surface area (Å²) < 4.78 is 4.99. The van der Waals surface area contributed by atoms with Crippen LogP contribution < -0.4 is 10.6 Å². The molecule has 2 N–H and O–H groups in total. The molecule has 1 aromatic heterocycles. The lowest BCUT2D eigenvalue weighted by atomic mass is 10.2. The lowest BCUT2D eigenvalue weighted by molar-refractivity contribution is 0.198. The van der Waals surface area contributed by atoms with Crippen molar-refractivity contribution in [2.24, 2.45) is 0 Å². The zero-order chi connectivity index (χ0) is 14.9. The van der Waals surface area contributed by atoms with Gasteiger partial charge in [-0.15, -0.1) is 0 Å². The van der Waals surface area contributed by atoms with Crippen molar-refractivity contribution in [1.29, 1.82) is 5.26 Å². The van der Waals surface area contributed by atoms with E-state index >= 15 is 0 Å². The van der Waals surface area contributed by atoms with Gasteiger partial charge in [0.05, 0.1) is 11.6 Å². The zero-order valence-corrected chi connectivity index (χ0v) is 11.8. The summed E-state index contributed by atoms with van der Waals surface area (Å²) in [5.74, 6) is 1.43. The van der Waals surface area contributed by atoms with E-state index in [1.54, 1.807) is 19.2 Å². The number of ether oxygens (including phenoxy) is 1. The highest BCUT2D eigenvalue weighted by molar-refractivity contribution is 5.60. The van der Waals surface area contributed by atoms with Crippen LogP contribution in [0.2, 0.25) is 0 Å². The highest BCUT2D eigenvalue weighted by atomic mass is 16.5. The van der Waals surface area contributed by atoms with E-state index in [1.165, 1.54) is 6.33 Å². The molecule has 2 rings (SSSR count). The minimum Gasteiger partial charge on any atom is -0.385 e. The molecule has 0 bridgehead atoms. The molecule has 0 amide bonds. The number of anilines is 3. The summed E-state index contributed by atoms with van der Waals surface area (Å²) in [6.07, 6.45) is 2.41. The fourth-order valence-corrected chi connectivity index (χ4v) is 1.77. The Morgan fingerprint density at radius 2 is 2.10 bits per heavy atom. The van der Waals surface area contributed by atoms with Crippen molar-refractivity contribution < 1.29 is 4.74 Å². The van der Waals surface area contributed by atoms with Crippen LogP contribution in [0.1, 0.15) is 12.0 Å². The van der Waals surface area contributed by atoms with Crippen LogP contribution in [0.5, 0.6) is 0 Å². The number of nitrogens with zero attached hydrogens (tertiary/aromatic N) is 3. The number of nitrogens with one attached hydrogen (secondary N) is 2. The van der Waals surface area contributed by atoms with Gasteiger partial charge in [0.2, 0.25) is 0 Å². The quantitative estimate of drug-likeness (QED) is 0.760. The van der Waals surface area contributed by atoms with Crippen LogP contribution in [-0.2, 0) is 4.74 Å². The Balaban J connectivity index is 1.98. The number of hydrogen-bond donors (Lipinski definition) is 2. The van der Waals surface area contributed by atoms with Crippen LogP contribution in [0.25, 0.3) is 0 Å². The molecule has 2 aromatic rings. The number of methoxy groups -OCH3 is 1. The second-order valence-corrected chi connectivity index (χ2v) is 4.38. The van der Waals surface area contributed by atoms with Crippen LogP contribution in [-0.4, -0.2) is 30.2 Å². The molecule has 0 aliphatic carbocycles. The van der Waals surface area contributed by atoms with Gasteiger partial charge in [0.1, 0.15) is 18.0 Å². The average molecular weight is 283 g/mol. The van der Waals surface area contributed by atoms with Gasteiger partial charge in [0, 0.05) is 32.0 Å². The summed E-state index contributed by atoms with van der Waals surface area (Å²) in [4.78, 5) is 8.32. The Morgan fingerprint density at radius 3 is 2.90 bits per heavy atom. The molecule has 6 nitrogen and oxygen atoms in total. The summed E-state index contributed by atoms with van der Waals surface area (Å²) in [5, 5.41) is 15.2. The van der Waals surface area contributed by atoms with Crippen molar-refractivity contribution >= 4 is 17.3 Å². The third-order valence-electron chi connectivity index (χ3n) is 2.76. The van der Waals surface area contributed by atoms with Gasteiger partial charge in [-0.2, -0.15) is 5.26 Å². The molecule has 1 heterocycles. The normalized spacial score (nSPS) is 9.90. The van der Waals surface area contributed by atoms with Crippen LogP contribution >= 0.6 is 0 Å². The van der Waals surface area contributed by atoms with Gasteiger partial charge >= 0.3 is 0 Å². The Morgan fingerprint density at radius 1 is 1.24 bits per heavy atom. The maximum Gasteiger partial charge on any atom is 0.135 e. The first kappa shape index (κ1) is 14.8. The molecule has 1 aromatic carbocycles. The smallest absolute Gasteiger partial charge is 0.135 e. The number of rotatable bonds is 7. The lowest BCUT2D eigenvalue weighted by Crippen LogP contribution is -2.06. The molecule has 21 heavy (non-hydrogen) atoms. The van der Waals surface area contributed by atoms with Crippen molar-refractivity contribution in [2.45, 2.75) is 6.42 Å². The van der Waals surface area contributed by atoms with Crippen molar-refractivity contribution in [3.63, 3.8) is 0 Å². The maximum atomic E-state index is 8.89. The molecule has 0 saturated heterocycles. The lowest BCUT2D eigenvalue weighted by Gasteiger charge is -2.08. The predicted octanol–water partition coefficient (Wildman–Crippen LogP) is 2.54. The summed E-state index contributed by atoms with van der Waals surface area (Å²) in [6.45, 7) is 1.50. The molecule has 6 heteroatoms. The van der Waals surface area contributed by atoms with Crippen LogP contribution in [0.15, 0.2) is 36.7 Å². The van der Waals surface area contributed by atoms with E-state index < -0.39 is 0 Å². The molecule has 0 fully saturated rings. The van der Waals surface area contributed by atoms with Gasteiger partial charge in [0.25, 0.3) is 0 Å². The summed E-state index contributed by atoms with van der Waals surface area (Å²) in [5.41, 5.74) is 1.42. The topological polar surface area (TPSA) is 82.9 Å². The molecule has 0 saturated carbocycles. The van der Waals surface area contributed by atoms with E-state index in [1.807, 2.05) is 18.2 Å². The van der Waals surface area contributed by atoms with E-state index in [0.29, 0.717) is 18.0 Å². The first-order valence-corrected chi connectivity index (χ1v) is 6.64. The third-order valence-corrected chi connectivity index (χ3v) is 2.76. The first-order chi connectivity index (χ1) is 10.3. The first-order valence-electron chi connectivity index (χ1n) is 6.64. The fraction of sp³-hybridized carbons (Fsp3) is 0.267. The van der Waals surface area contributed by atoms with Gasteiger partial charge in [0.15, 0.2) is 0 Å². The molecular weight excluding hydrogens is 266 g/mol. The highest BCUT2D eigenvalue weighted by Crippen LogP contribution is 2.17. The molecule has 0 aliphatic rings. The third kappa shape index (κ3) is 4.75. The van der Waals surface area contributed by atoms with Crippen LogP contribution in [0.3, 0.4) is 0 Å². The van der Waals surface area contributed by atoms with Crippen molar-refractivity contribution in [3.8, 4) is 6.07 Å².